The topological polar surface area (TPSA) is 73.2 Å². The maximum absolute atomic E-state index is 14.7. The van der Waals surface area contributed by atoms with Crippen LogP contribution in [0.15, 0.2) is 67.3 Å². The van der Waals surface area contributed by atoms with Crippen LogP contribution in [0.1, 0.15) is 32.3 Å². The summed E-state index contributed by atoms with van der Waals surface area (Å²) in [5, 5.41) is 2.74. The molecule has 2 atom stereocenters. The van der Waals surface area contributed by atoms with Crippen molar-refractivity contribution in [2.45, 2.75) is 45.4 Å². The first-order chi connectivity index (χ1) is 14.8. The van der Waals surface area contributed by atoms with Crippen LogP contribution in [0.25, 0.3) is 11.1 Å². The average molecular weight is 423 g/mol. The predicted octanol–water partition coefficient (Wildman–Crippen LogP) is 3.93. The van der Waals surface area contributed by atoms with Gasteiger partial charge in [0.05, 0.1) is 24.9 Å². The molecule has 3 rings (SSSR count). The summed E-state index contributed by atoms with van der Waals surface area (Å²) in [7, 11) is 0. The third-order valence-corrected chi connectivity index (χ3v) is 4.88. The number of esters is 1. The first-order valence-electron chi connectivity index (χ1n) is 10.2. The van der Waals surface area contributed by atoms with Crippen molar-refractivity contribution in [1.82, 2.24) is 14.9 Å². The van der Waals surface area contributed by atoms with E-state index in [0.717, 1.165) is 5.56 Å². The summed E-state index contributed by atoms with van der Waals surface area (Å²) in [4.78, 5) is 29.3. The number of halogens is 1. The summed E-state index contributed by atoms with van der Waals surface area (Å²) in [6.07, 6.45) is 4.53. The minimum Gasteiger partial charge on any atom is -0.461 e. The maximum Gasteiger partial charge on any atom is 0.330 e. The van der Waals surface area contributed by atoms with Gasteiger partial charge in [-0.1, -0.05) is 42.5 Å². The highest BCUT2D eigenvalue weighted by molar-refractivity contribution is 5.88. The van der Waals surface area contributed by atoms with E-state index in [1.54, 1.807) is 56.2 Å². The quantitative estimate of drug-likeness (QED) is 0.557. The number of aromatic nitrogens is 2. The minimum atomic E-state index is -0.889. The molecule has 7 heteroatoms. The Kier molecular flexibility index (Phi) is 7.18. The van der Waals surface area contributed by atoms with Crippen molar-refractivity contribution in [3.63, 3.8) is 0 Å². The number of hydrogen-bond donors (Lipinski definition) is 1. The molecule has 0 bridgehead atoms. The molecule has 0 saturated heterocycles. The van der Waals surface area contributed by atoms with Gasteiger partial charge in [-0.25, -0.2) is 14.2 Å². The van der Waals surface area contributed by atoms with Gasteiger partial charge in [-0.3, -0.25) is 4.79 Å². The van der Waals surface area contributed by atoms with Crippen LogP contribution in [-0.2, 0) is 20.9 Å². The van der Waals surface area contributed by atoms with Crippen LogP contribution in [0, 0.1) is 5.82 Å². The van der Waals surface area contributed by atoms with Crippen molar-refractivity contribution in [3.8, 4) is 11.1 Å². The Labute approximate surface area is 181 Å². The Morgan fingerprint density at radius 1 is 1.13 bits per heavy atom. The fourth-order valence-electron chi connectivity index (χ4n) is 3.20. The van der Waals surface area contributed by atoms with Crippen LogP contribution in [0.4, 0.5) is 4.39 Å². The Morgan fingerprint density at radius 3 is 2.48 bits per heavy atom. The molecule has 0 saturated carbocycles. The van der Waals surface area contributed by atoms with Crippen LogP contribution in [0.3, 0.4) is 0 Å². The summed E-state index contributed by atoms with van der Waals surface area (Å²) in [5.74, 6) is -1.98. The largest absolute Gasteiger partial charge is 0.461 e. The Balaban J connectivity index is 1.75. The number of carbonyl (C=O) groups excluding carboxylic acids is 2. The Hall–Kier alpha value is -3.48. The van der Waals surface area contributed by atoms with Crippen molar-refractivity contribution in [3.05, 3.63) is 78.6 Å². The van der Waals surface area contributed by atoms with Gasteiger partial charge in [-0.15, -0.1) is 0 Å². The lowest BCUT2D eigenvalue weighted by atomic mass is 9.96. The molecule has 1 heterocycles. The van der Waals surface area contributed by atoms with E-state index in [1.807, 2.05) is 30.3 Å². The number of benzene rings is 2. The highest BCUT2D eigenvalue weighted by atomic mass is 19.1. The van der Waals surface area contributed by atoms with Gasteiger partial charge in [-0.05, 0) is 38.0 Å². The minimum absolute atomic E-state index is 0.186. The van der Waals surface area contributed by atoms with E-state index >= 15 is 0 Å². The molecule has 1 amide bonds. The zero-order valence-corrected chi connectivity index (χ0v) is 17.8. The summed E-state index contributed by atoms with van der Waals surface area (Å²) in [6.45, 7) is 5.35. The standard InChI is InChI=1S/C24H26FN3O3/c1-16(2)31-24(30)22(14-28-12-11-26-15-28)27-23(29)17(3)19-9-10-20(21(25)13-19)18-7-5-4-6-8-18/h4-13,15-17,22H,14H2,1-3H3,(H,27,29)/t17-,22+/m0/s1. The van der Waals surface area contributed by atoms with E-state index in [-0.39, 0.29) is 12.6 Å². The van der Waals surface area contributed by atoms with Crippen LogP contribution in [0.2, 0.25) is 0 Å². The molecule has 0 aliphatic rings. The summed E-state index contributed by atoms with van der Waals surface area (Å²) in [5.41, 5.74) is 1.75. The third-order valence-electron chi connectivity index (χ3n) is 4.88. The first kappa shape index (κ1) is 22.2. The number of nitrogens with zero attached hydrogens (tertiary/aromatic N) is 2. The molecule has 0 radical (unpaired) electrons. The maximum atomic E-state index is 14.7. The van der Waals surface area contributed by atoms with Gasteiger partial charge in [0, 0.05) is 18.0 Å². The molecule has 3 aromatic rings. The van der Waals surface area contributed by atoms with E-state index in [9.17, 15) is 14.0 Å². The SMILES string of the molecule is CC(C)OC(=O)[C@@H](Cn1ccnc1)NC(=O)[C@@H](C)c1ccc(-c2ccccc2)c(F)c1. The normalized spacial score (nSPS) is 12.9. The lowest BCUT2D eigenvalue weighted by Crippen LogP contribution is -2.46. The van der Waals surface area contributed by atoms with E-state index in [2.05, 4.69) is 10.3 Å². The molecule has 1 N–H and O–H groups in total. The zero-order valence-electron chi connectivity index (χ0n) is 17.8. The number of rotatable bonds is 8. The number of amides is 1. The monoisotopic (exact) mass is 423 g/mol. The molecule has 162 valence electrons. The van der Waals surface area contributed by atoms with Crippen molar-refractivity contribution < 1.29 is 18.7 Å². The second-order valence-electron chi connectivity index (χ2n) is 7.63. The molecular weight excluding hydrogens is 397 g/mol. The molecule has 6 nitrogen and oxygen atoms in total. The second kappa shape index (κ2) is 10.0. The number of ether oxygens (including phenoxy) is 1. The lowest BCUT2D eigenvalue weighted by Gasteiger charge is -2.22. The number of nitrogens with one attached hydrogen (secondary N) is 1. The van der Waals surface area contributed by atoms with Gasteiger partial charge in [0.1, 0.15) is 11.9 Å². The number of hydrogen-bond acceptors (Lipinski definition) is 4. The first-order valence-corrected chi connectivity index (χ1v) is 10.2. The molecule has 0 unspecified atom stereocenters. The van der Waals surface area contributed by atoms with Gasteiger partial charge in [0.25, 0.3) is 0 Å². The lowest BCUT2D eigenvalue weighted by molar-refractivity contribution is -0.152. The highest BCUT2D eigenvalue weighted by Gasteiger charge is 2.27. The van der Waals surface area contributed by atoms with Crippen molar-refractivity contribution in [1.29, 1.82) is 0 Å². The van der Waals surface area contributed by atoms with Gasteiger partial charge >= 0.3 is 5.97 Å². The van der Waals surface area contributed by atoms with Crippen molar-refractivity contribution >= 4 is 11.9 Å². The smallest absolute Gasteiger partial charge is 0.330 e. The van der Waals surface area contributed by atoms with Gasteiger partial charge in [0.2, 0.25) is 5.91 Å². The molecule has 2 aromatic carbocycles. The fourth-order valence-corrected chi connectivity index (χ4v) is 3.20. The molecule has 1 aromatic heterocycles. The highest BCUT2D eigenvalue weighted by Crippen LogP contribution is 2.26. The Bertz CT molecular complexity index is 1020. The van der Waals surface area contributed by atoms with Crippen molar-refractivity contribution in [2.24, 2.45) is 0 Å². The van der Waals surface area contributed by atoms with E-state index in [0.29, 0.717) is 11.1 Å². The van der Waals surface area contributed by atoms with E-state index in [1.165, 1.54) is 6.07 Å². The van der Waals surface area contributed by atoms with Gasteiger partial charge < -0.3 is 14.6 Å². The summed E-state index contributed by atoms with van der Waals surface area (Å²) < 4.78 is 21.7. The summed E-state index contributed by atoms with van der Waals surface area (Å²) in [6, 6.07) is 13.1. The average Bonchev–Trinajstić information content (AvgIpc) is 3.26. The van der Waals surface area contributed by atoms with Gasteiger partial charge in [0.15, 0.2) is 0 Å². The van der Waals surface area contributed by atoms with E-state index in [4.69, 9.17) is 4.74 Å². The molecule has 0 aliphatic heterocycles. The Morgan fingerprint density at radius 2 is 1.87 bits per heavy atom. The second-order valence-corrected chi connectivity index (χ2v) is 7.63. The van der Waals surface area contributed by atoms with Crippen LogP contribution >= 0.6 is 0 Å². The van der Waals surface area contributed by atoms with Crippen LogP contribution in [0.5, 0.6) is 0 Å². The molecular formula is C24H26FN3O3. The third kappa shape index (κ3) is 5.78. The van der Waals surface area contributed by atoms with Crippen LogP contribution < -0.4 is 5.32 Å². The molecule has 0 spiro atoms. The number of imidazole rings is 1. The zero-order chi connectivity index (χ0) is 22.4. The molecule has 31 heavy (non-hydrogen) atoms. The van der Waals surface area contributed by atoms with Crippen LogP contribution in [-0.4, -0.2) is 33.6 Å². The number of carbonyl (C=O) groups is 2. The van der Waals surface area contributed by atoms with Crippen molar-refractivity contribution in [2.75, 3.05) is 0 Å². The molecule has 0 fully saturated rings. The summed E-state index contributed by atoms with van der Waals surface area (Å²) >= 11 is 0. The molecule has 0 aliphatic carbocycles. The van der Waals surface area contributed by atoms with Gasteiger partial charge in [-0.2, -0.15) is 0 Å². The van der Waals surface area contributed by atoms with E-state index < -0.39 is 29.7 Å². The predicted molar refractivity (Wildman–Crippen MR) is 116 cm³/mol. The fraction of sp³-hybridized carbons (Fsp3) is 0.292.